The van der Waals surface area contributed by atoms with Crippen molar-refractivity contribution in [3.05, 3.63) is 29.8 Å². The number of benzene rings is 2. The van der Waals surface area contributed by atoms with E-state index in [1.54, 1.807) is 18.2 Å². The van der Waals surface area contributed by atoms with Gasteiger partial charge in [-0.25, -0.2) is 4.79 Å². The fraction of sp³-hybridized carbons (Fsp3) is 0.267. The van der Waals surface area contributed by atoms with Crippen molar-refractivity contribution in [1.82, 2.24) is 0 Å². The van der Waals surface area contributed by atoms with Crippen molar-refractivity contribution in [3.8, 4) is 11.5 Å². The monoisotopic (exact) mass is 271 g/mol. The van der Waals surface area contributed by atoms with Crippen molar-refractivity contribution >= 4 is 22.4 Å². The van der Waals surface area contributed by atoms with E-state index in [9.17, 15) is 9.90 Å². The lowest BCUT2D eigenvalue weighted by Crippen LogP contribution is -2.36. The Balaban J connectivity index is 1.95. The topological polar surface area (TPSA) is 59.0 Å². The number of morpholine rings is 1. The molecule has 0 unspecified atom stereocenters. The summed E-state index contributed by atoms with van der Waals surface area (Å²) in [5, 5.41) is 11.9. The van der Waals surface area contributed by atoms with Gasteiger partial charge in [0.2, 0.25) is 0 Å². The summed E-state index contributed by atoms with van der Waals surface area (Å²) < 4.78 is 10.6. The van der Waals surface area contributed by atoms with Gasteiger partial charge >= 0.3 is 5.97 Å². The van der Waals surface area contributed by atoms with Crippen molar-refractivity contribution in [3.63, 3.8) is 0 Å². The molecule has 2 aromatic rings. The Kier molecular flexibility index (Phi) is 2.37. The Labute approximate surface area is 115 Å². The first-order valence-corrected chi connectivity index (χ1v) is 6.59. The number of hydrogen-bond acceptors (Lipinski definition) is 5. The first-order valence-electron chi connectivity index (χ1n) is 6.59. The van der Waals surface area contributed by atoms with E-state index >= 15 is 0 Å². The molecule has 0 bridgehead atoms. The Bertz CT molecular complexity index is 719. The van der Waals surface area contributed by atoms with E-state index in [1.807, 2.05) is 11.0 Å². The lowest BCUT2D eigenvalue weighted by atomic mass is 10.0. The Morgan fingerprint density at radius 1 is 1.20 bits per heavy atom. The quantitative estimate of drug-likeness (QED) is 0.634. The van der Waals surface area contributed by atoms with Crippen molar-refractivity contribution in [1.29, 1.82) is 0 Å². The number of anilines is 1. The number of ether oxygens (including phenoxy) is 2. The van der Waals surface area contributed by atoms with E-state index in [2.05, 4.69) is 0 Å². The number of rotatable bonds is 1. The highest BCUT2D eigenvalue weighted by atomic mass is 16.5. The molecule has 0 aromatic heterocycles. The van der Waals surface area contributed by atoms with Crippen LogP contribution in [-0.2, 0) is 4.74 Å². The average molecular weight is 271 g/mol. The maximum absolute atomic E-state index is 11.8. The van der Waals surface area contributed by atoms with Crippen LogP contribution in [0.2, 0.25) is 0 Å². The van der Waals surface area contributed by atoms with Crippen molar-refractivity contribution in [2.24, 2.45) is 0 Å². The molecule has 102 valence electrons. The summed E-state index contributed by atoms with van der Waals surface area (Å²) in [7, 11) is 0. The van der Waals surface area contributed by atoms with Crippen molar-refractivity contribution < 1.29 is 19.4 Å². The molecule has 4 rings (SSSR count). The molecule has 0 atom stereocenters. The zero-order chi connectivity index (χ0) is 13.7. The van der Waals surface area contributed by atoms with Gasteiger partial charge in [0, 0.05) is 29.9 Å². The lowest BCUT2D eigenvalue weighted by molar-refractivity contribution is 0.0754. The molecule has 20 heavy (non-hydrogen) atoms. The molecular formula is C15H13NO4. The molecule has 0 spiro atoms. The van der Waals surface area contributed by atoms with Crippen LogP contribution in [0.5, 0.6) is 11.5 Å². The second-order valence-corrected chi connectivity index (χ2v) is 4.96. The molecule has 0 saturated carbocycles. The minimum atomic E-state index is -0.357. The summed E-state index contributed by atoms with van der Waals surface area (Å²) >= 11 is 0. The predicted molar refractivity (Wildman–Crippen MR) is 73.6 cm³/mol. The zero-order valence-electron chi connectivity index (χ0n) is 10.8. The molecule has 1 fully saturated rings. The van der Waals surface area contributed by atoms with Crippen LogP contribution in [0.15, 0.2) is 24.3 Å². The van der Waals surface area contributed by atoms with Gasteiger partial charge in [0.15, 0.2) is 0 Å². The molecule has 0 radical (unpaired) electrons. The van der Waals surface area contributed by atoms with Crippen molar-refractivity contribution in [2.75, 3.05) is 31.2 Å². The SMILES string of the molecule is O=C1Oc2cc(N3CCOCC3)c(O)c3cccc1c23. The van der Waals surface area contributed by atoms with Crippen LogP contribution in [0, 0.1) is 0 Å². The highest BCUT2D eigenvalue weighted by molar-refractivity contribution is 6.15. The number of esters is 1. The van der Waals surface area contributed by atoms with Gasteiger partial charge in [0.05, 0.1) is 24.5 Å². The van der Waals surface area contributed by atoms with E-state index in [4.69, 9.17) is 9.47 Å². The predicted octanol–water partition coefficient (Wildman–Crippen LogP) is 1.91. The molecule has 2 heterocycles. The smallest absolute Gasteiger partial charge is 0.344 e. The summed E-state index contributed by atoms with van der Waals surface area (Å²) in [6.07, 6.45) is 0. The second-order valence-electron chi connectivity index (χ2n) is 4.96. The summed E-state index contributed by atoms with van der Waals surface area (Å²) in [5.74, 6) is 0.370. The molecule has 1 saturated heterocycles. The standard InChI is InChI=1S/C15H13NO4/c17-14-9-2-1-3-10-13(9)12(20-15(10)18)8-11(14)16-4-6-19-7-5-16/h1-3,8,17H,4-7H2. The van der Waals surface area contributed by atoms with Crippen molar-refractivity contribution in [2.45, 2.75) is 0 Å². The molecule has 0 aliphatic carbocycles. The lowest BCUT2D eigenvalue weighted by Gasteiger charge is -2.29. The first-order chi connectivity index (χ1) is 9.75. The Hall–Kier alpha value is -2.27. The maximum Gasteiger partial charge on any atom is 0.344 e. The number of phenols is 1. The van der Waals surface area contributed by atoms with Crippen LogP contribution in [-0.4, -0.2) is 37.4 Å². The summed E-state index contributed by atoms with van der Waals surface area (Å²) in [6.45, 7) is 2.69. The third kappa shape index (κ3) is 1.50. The largest absolute Gasteiger partial charge is 0.505 e. The maximum atomic E-state index is 11.8. The van der Waals surface area contributed by atoms with E-state index in [0.717, 1.165) is 0 Å². The number of carbonyl (C=O) groups excluding carboxylic acids is 1. The summed E-state index contributed by atoms with van der Waals surface area (Å²) in [4.78, 5) is 13.9. The van der Waals surface area contributed by atoms with E-state index < -0.39 is 0 Å². The van der Waals surface area contributed by atoms with Gasteiger partial charge in [-0.2, -0.15) is 0 Å². The van der Waals surface area contributed by atoms with Crippen LogP contribution in [0.4, 0.5) is 5.69 Å². The van der Waals surface area contributed by atoms with Gasteiger partial charge < -0.3 is 19.5 Å². The Morgan fingerprint density at radius 2 is 2.00 bits per heavy atom. The summed E-state index contributed by atoms with van der Waals surface area (Å²) in [5.41, 5.74) is 1.21. The molecule has 1 N–H and O–H groups in total. The van der Waals surface area contributed by atoms with Gasteiger partial charge in [-0.3, -0.25) is 0 Å². The number of nitrogens with zero attached hydrogens (tertiary/aromatic N) is 1. The van der Waals surface area contributed by atoms with Crippen LogP contribution in [0.1, 0.15) is 10.4 Å². The zero-order valence-corrected chi connectivity index (χ0v) is 10.8. The molecule has 2 aliphatic heterocycles. The van der Waals surface area contributed by atoms with Crippen LogP contribution in [0.25, 0.3) is 10.8 Å². The first kappa shape index (κ1) is 11.5. The second kappa shape index (κ2) is 4.11. The van der Waals surface area contributed by atoms with Crippen LogP contribution >= 0.6 is 0 Å². The van der Waals surface area contributed by atoms with E-state index in [-0.39, 0.29) is 11.7 Å². The van der Waals surface area contributed by atoms with Gasteiger partial charge in [-0.1, -0.05) is 12.1 Å². The van der Waals surface area contributed by atoms with Gasteiger partial charge in [-0.15, -0.1) is 0 Å². The minimum Gasteiger partial charge on any atom is -0.505 e. The fourth-order valence-corrected chi connectivity index (χ4v) is 2.87. The molecule has 2 aliphatic rings. The highest BCUT2D eigenvalue weighted by Crippen LogP contribution is 2.45. The van der Waals surface area contributed by atoms with E-state index in [1.165, 1.54) is 0 Å². The van der Waals surface area contributed by atoms with Crippen LogP contribution < -0.4 is 9.64 Å². The normalized spacial score (nSPS) is 17.6. The van der Waals surface area contributed by atoms with Gasteiger partial charge in [0.1, 0.15) is 11.5 Å². The molecule has 2 aromatic carbocycles. The average Bonchev–Trinajstić information content (AvgIpc) is 2.81. The molecule has 5 heteroatoms. The van der Waals surface area contributed by atoms with E-state index in [0.29, 0.717) is 54.1 Å². The third-order valence-electron chi connectivity index (χ3n) is 3.85. The van der Waals surface area contributed by atoms with Gasteiger partial charge in [-0.05, 0) is 6.07 Å². The van der Waals surface area contributed by atoms with Gasteiger partial charge in [0.25, 0.3) is 0 Å². The fourth-order valence-electron chi connectivity index (χ4n) is 2.87. The highest BCUT2D eigenvalue weighted by Gasteiger charge is 2.28. The molecule has 5 nitrogen and oxygen atoms in total. The number of aromatic hydroxyl groups is 1. The van der Waals surface area contributed by atoms with Crippen LogP contribution in [0.3, 0.4) is 0 Å². The number of carbonyl (C=O) groups is 1. The molecular weight excluding hydrogens is 258 g/mol. The Morgan fingerprint density at radius 3 is 2.80 bits per heavy atom. The third-order valence-corrected chi connectivity index (χ3v) is 3.85. The summed E-state index contributed by atoms with van der Waals surface area (Å²) in [6, 6.07) is 7.03. The number of phenolic OH excluding ortho intramolecular Hbond substituents is 1. The molecule has 0 amide bonds. The minimum absolute atomic E-state index is 0.200. The number of hydrogen-bond donors (Lipinski definition) is 1.